The number of carbonyl (C=O) groups is 1. The predicted molar refractivity (Wildman–Crippen MR) is 137 cm³/mol. The first-order chi connectivity index (χ1) is 17.3. The van der Waals surface area contributed by atoms with E-state index in [9.17, 15) is 23.1 Å². The van der Waals surface area contributed by atoms with Gasteiger partial charge in [-0.15, -0.1) is 0 Å². The Bertz CT molecular complexity index is 792. The number of halogens is 3. The zero-order valence-corrected chi connectivity index (χ0v) is 21.7. The van der Waals surface area contributed by atoms with Gasteiger partial charge in [0.2, 0.25) is 0 Å². The summed E-state index contributed by atoms with van der Waals surface area (Å²) in [5.41, 5.74) is 0.255. The van der Waals surface area contributed by atoms with Crippen LogP contribution in [-0.2, 0) is 11.0 Å². The lowest BCUT2D eigenvalue weighted by Gasteiger charge is -2.43. The van der Waals surface area contributed by atoms with Crippen molar-refractivity contribution < 1.29 is 23.1 Å². The molecule has 0 aliphatic heterocycles. The van der Waals surface area contributed by atoms with Crippen LogP contribution in [0.2, 0.25) is 0 Å². The maximum absolute atomic E-state index is 13.3. The zero-order chi connectivity index (χ0) is 25.5. The fourth-order valence-electron chi connectivity index (χ4n) is 7.43. The average molecular weight is 508 g/mol. The van der Waals surface area contributed by atoms with E-state index in [1.807, 2.05) is 0 Å². The van der Waals surface area contributed by atoms with Crippen LogP contribution in [0.3, 0.4) is 0 Å². The summed E-state index contributed by atoms with van der Waals surface area (Å²) in [6.45, 7) is 2.11. The third-order valence-electron chi connectivity index (χ3n) is 9.21. The average Bonchev–Trinajstić information content (AvgIpc) is 3.06. The van der Waals surface area contributed by atoms with Crippen molar-refractivity contribution in [2.45, 2.75) is 114 Å². The largest absolute Gasteiger partial charge is 0.481 e. The molecule has 0 radical (unpaired) electrons. The summed E-state index contributed by atoms with van der Waals surface area (Å²) in [5, 5.41) is 9.76. The molecule has 0 bridgehead atoms. The molecular formula is C30H44F3NO2. The molecule has 3 saturated carbocycles. The van der Waals surface area contributed by atoms with Gasteiger partial charge in [-0.05, 0) is 74.0 Å². The van der Waals surface area contributed by atoms with Gasteiger partial charge in [-0.2, -0.15) is 13.2 Å². The lowest BCUT2D eigenvalue weighted by molar-refractivity contribution is -0.138. The molecule has 0 amide bonds. The molecule has 202 valence electrons. The van der Waals surface area contributed by atoms with Gasteiger partial charge in [0.25, 0.3) is 0 Å². The molecule has 3 fully saturated rings. The Morgan fingerprint density at radius 3 is 1.78 bits per heavy atom. The maximum atomic E-state index is 13.3. The first-order valence-corrected chi connectivity index (χ1v) is 14.4. The number of hydrogen-bond acceptors (Lipinski definition) is 2. The minimum Gasteiger partial charge on any atom is -0.481 e. The molecule has 0 spiro atoms. The number of carboxylic acids is 1. The Balaban J connectivity index is 1.66. The van der Waals surface area contributed by atoms with Crippen molar-refractivity contribution in [3.05, 3.63) is 35.4 Å². The molecule has 1 aromatic rings. The lowest BCUT2D eigenvalue weighted by atomic mass is 9.76. The molecule has 3 aliphatic rings. The summed E-state index contributed by atoms with van der Waals surface area (Å²) in [7, 11) is 0. The van der Waals surface area contributed by atoms with Crippen molar-refractivity contribution in [1.29, 1.82) is 0 Å². The van der Waals surface area contributed by atoms with Crippen LogP contribution in [0.5, 0.6) is 0 Å². The Morgan fingerprint density at radius 1 is 0.778 bits per heavy atom. The third-order valence-corrected chi connectivity index (χ3v) is 9.21. The monoisotopic (exact) mass is 507 g/mol. The van der Waals surface area contributed by atoms with Crippen molar-refractivity contribution in [3.8, 4) is 0 Å². The van der Waals surface area contributed by atoms with E-state index in [1.54, 1.807) is 12.1 Å². The molecule has 3 aliphatic carbocycles. The molecule has 3 nitrogen and oxygen atoms in total. The van der Waals surface area contributed by atoms with E-state index in [0.717, 1.165) is 44.3 Å². The van der Waals surface area contributed by atoms with Gasteiger partial charge >= 0.3 is 12.1 Å². The van der Waals surface area contributed by atoms with Crippen LogP contribution >= 0.6 is 0 Å². The van der Waals surface area contributed by atoms with Crippen LogP contribution in [-0.4, -0.2) is 35.1 Å². The van der Waals surface area contributed by atoms with E-state index in [4.69, 9.17) is 0 Å². The van der Waals surface area contributed by atoms with Crippen molar-refractivity contribution in [2.75, 3.05) is 13.1 Å². The normalized spacial score (nSPS) is 27.2. The molecule has 36 heavy (non-hydrogen) atoms. The molecule has 1 N–H and O–H groups in total. The fourth-order valence-corrected chi connectivity index (χ4v) is 7.43. The highest BCUT2D eigenvalue weighted by atomic mass is 19.4. The maximum Gasteiger partial charge on any atom is 0.416 e. The van der Waals surface area contributed by atoms with Gasteiger partial charge in [-0.3, -0.25) is 9.69 Å². The Morgan fingerprint density at radius 2 is 1.28 bits per heavy atom. The minimum absolute atomic E-state index is 0.0435. The van der Waals surface area contributed by atoms with E-state index < -0.39 is 17.7 Å². The van der Waals surface area contributed by atoms with Crippen molar-refractivity contribution in [1.82, 2.24) is 4.90 Å². The number of benzene rings is 1. The Kier molecular flexibility index (Phi) is 9.77. The van der Waals surface area contributed by atoms with Crippen molar-refractivity contribution >= 4 is 5.97 Å². The smallest absolute Gasteiger partial charge is 0.416 e. The minimum atomic E-state index is -4.37. The summed E-state index contributed by atoms with van der Waals surface area (Å²) in [6.07, 6.45) is 12.4. The van der Waals surface area contributed by atoms with Crippen LogP contribution in [0.15, 0.2) is 24.3 Å². The summed E-state index contributed by atoms with van der Waals surface area (Å²) in [5.74, 6) is 0.460. The number of nitrogens with zero attached hydrogens (tertiary/aromatic N) is 1. The van der Waals surface area contributed by atoms with Gasteiger partial charge in [0.15, 0.2) is 0 Å². The molecule has 4 rings (SSSR count). The summed E-state index contributed by atoms with van der Waals surface area (Å²) < 4.78 is 39.9. The zero-order valence-electron chi connectivity index (χ0n) is 21.7. The van der Waals surface area contributed by atoms with E-state index in [1.165, 1.54) is 76.3 Å². The second-order valence-electron chi connectivity index (χ2n) is 11.8. The van der Waals surface area contributed by atoms with Crippen LogP contribution in [0.25, 0.3) is 0 Å². The van der Waals surface area contributed by atoms with E-state index in [2.05, 4.69) is 4.90 Å². The van der Waals surface area contributed by atoms with Gasteiger partial charge in [0.05, 0.1) is 5.56 Å². The van der Waals surface area contributed by atoms with Crippen molar-refractivity contribution in [2.24, 2.45) is 17.8 Å². The van der Waals surface area contributed by atoms with E-state index in [0.29, 0.717) is 11.8 Å². The SMILES string of the molecule is O=C(O)C[C@H]1CCCC[C@H](N(CC2CCCCC2)CC2CCCCC2)[C@@H]1c1ccc(C(F)(F)F)cc1. The molecule has 0 saturated heterocycles. The third kappa shape index (κ3) is 7.49. The molecule has 1 aromatic carbocycles. The highest BCUT2D eigenvalue weighted by Crippen LogP contribution is 2.43. The number of alkyl halides is 3. The summed E-state index contributed by atoms with van der Waals surface area (Å²) >= 11 is 0. The Hall–Kier alpha value is -1.56. The molecule has 6 heteroatoms. The van der Waals surface area contributed by atoms with E-state index in [-0.39, 0.29) is 24.3 Å². The van der Waals surface area contributed by atoms with Gasteiger partial charge in [0.1, 0.15) is 0 Å². The van der Waals surface area contributed by atoms with Gasteiger partial charge in [-0.25, -0.2) is 0 Å². The fraction of sp³-hybridized carbons (Fsp3) is 0.767. The van der Waals surface area contributed by atoms with E-state index >= 15 is 0 Å². The molecule has 0 aromatic heterocycles. The van der Waals surface area contributed by atoms with Gasteiger partial charge < -0.3 is 5.11 Å². The van der Waals surface area contributed by atoms with Gasteiger partial charge in [-0.1, -0.05) is 63.5 Å². The molecule has 3 atom stereocenters. The second-order valence-corrected chi connectivity index (χ2v) is 11.8. The number of hydrogen-bond donors (Lipinski definition) is 1. The molecule has 0 unspecified atom stereocenters. The second kappa shape index (κ2) is 12.8. The quantitative estimate of drug-likeness (QED) is 0.360. The first-order valence-electron chi connectivity index (χ1n) is 14.4. The highest BCUT2D eigenvalue weighted by Gasteiger charge is 2.39. The summed E-state index contributed by atoms with van der Waals surface area (Å²) in [6, 6.07) is 5.86. The Labute approximate surface area is 214 Å². The standard InChI is InChI=1S/C30H44F3NO2/c31-30(32,33)26-17-15-24(16-18-26)29-25(19-28(35)36)13-7-8-14-27(29)34(20-22-9-3-1-4-10-22)21-23-11-5-2-6-12-23/h15-18,22-23,25,27,29H,1-14,19-21H2,(H,35,36)/t25-,27+,29-/m1/s1. The first kappa shape index (κ1) is 27.5. The molecule has 0 heterocycles. The van der Waals surface area contributed by atoms with Crippen LogP contribution in [0, 0.1) is 17.8 Å². The highest BCUT2D eigenvalue weighted by molar-refractivity contribution is 5.67. The molecular weight excluding hydrogens is 463 g/mol. The number of rotatable bonds is 8. The number of aliphatic carboxylic acids is 1. The van der Waals surface area contributed by atoms with Gasteiger partial charge in [0, 0.05) is 31.5 Å². The van der Waals surface area contributed by atoms with Crippen LogP contribution in [0.4, 0.5) is 13.2 Å². The summed E-state index contributed by atoms with van der Waals surface area (Å²) in [4.78, 5) is 14.6. The predicted octanol–water partition coefficient (Wildman–Crippen LogP) is 8.29. The lowest BCUT2D eigenvalue weighted by Crippen LogP contribution is -2.46. The van der Waals surface area contributed by atoms with Crippen molar-refractivity contribution in [3.63, 3.8) is 0 Å². The van der Waals surface area contributed by atoms with Crippen LogP contribution in [0.1, 0.15) is 113 Å². The topological polar surface area (TPSA) is 40.5 Å². The van der Waals surface area contributed by atoms with Crippen LogP contribution < -0.4 is 0 Å². The number of carboxylic acid groups (broad SMARTS) is 1.